The van der Waals surface area contributed by atoms with Gasteiger partial charge in [0.15, 0.2) is 6.61 Å². The smallest absolute Gasteiger partial charge is 0.260 e. The number of nitrogens with zero attached hydrogens (tertiary/aromatic N) is 2. The fourth-order valence-corrected chi connectivity index (χ4v) is 2.26. The van der Waals surface area contributed by atoms with Crippen molar-refractivity contribution in [2.75, 3.05) is 19.8 Å². The molecule has 0 unspecified atom stereocenters. The molecule has 5 heteroatoms. The molecule has 1 atom stereocenters. The van der Waals surface area contributed by atoms with E-state index in [4.69, 9.17) is 10.00 Å². The van der Waals surface area contributed by atoms with E-state index in [1.165, 1.54) is 0 Å². The Hall–Kier alpha value is -2.06. The van der Waals surface area contributed by atoms with E-state index in [-0.39, 0.29) is 25.2 Å². The number of aliphatic hydroxyl groups excluding tert-OH is 1. The average molecular weight is 260 g/mol. The summed E-state index contributed by atoms with van der Waals surface area (Å²) in [5.41, 5.74) is 0.412. The van der Waals surface area contributed by atoms with Crippen molar-refractivity contribution in [3.8, 4) is 11.8 Å². The summed E-state index contributed by atoms with van der Waals surface area (Å²) in [6.07, 6.45) is 1.74. The van der Waals surface area contributed by atoms with E-state index in [1.807, 2.05) is 6.07 Å². The van der Waals surface area contributed by atoms with E-state index in [0.717, 1.165) is 12.8 Å². The summed E-state index contributed by atoms with van der Waals surface area (Å²) in [7, 11) is 0. The van der Waals surface area contributed by atoms with Crippen molar-refractivity contribution in [3.05, 3.63) is 29.8 Å². The molecule has 1 fully saturated rings. The Kier molecular flexibility index (Phi) is 4.37. The molecule has 1 heterocycles. The number of carbonyl (C=O) groups is 1. The van der Waals surface area contributed by atoms with E-state index in [1.54, 1.807) is 29.2 Å². The number of carbonyl (C=O) groups excluding carboxylic acids is 1. The van der Waals surface area contributed by atoms with Gasteiger partial charge in [0.05, 0.1) is 18.2 Å². The highest BCUT2D eigenvalue weighted by molar-refractivity contribution is 5.78. The quantitative estimate of drug-likeness (QED) is 0.873. The van der Waals surface area contributed by atoms with E-state index < -0.39 is 0 Å². The first-order valence-corrected chi connectivity index (χ1v) is 6.28. The van der Waals surface area contributed by atoms with E-state index in [0.29, 0.717) is 17.9 Å². The van der Waals surface area contributed by atoms with Crippen LogP contribution in [0.4, 0.5) is 0 Å². The van der Waals surface area contributed by atoms with Gasteiger partial charge in [-0.2, -0.15) is 5.26 Å². The maximum atomic E-state index is 12.0. The van der Waals surface area contributed by atoms with E-state index in [2.05, 4.69) is 0 Å². The lowest BCUT2D eigenvalue weighted by atomic mass is 10.2. The molecular weight excluding hydrogens is 244 g/mol. The Morgan fingerprint density at radius 1 is 1.53 bits per heavy atom. The number of likely N-dealkylation sites (tertiary alicyclic amines) is 1. The summed E-state index contributed by atoms with van der Waals surface area (Å²) in [4.78, 5) is 13.6. The van der Waals surface area contributed by atoms with Crippen LogP contribution in [0.3, 0.4) is 0 Å². The molecule has 1 aromatic carbocycles. The summed E-state index contributed by atoms with van der Waals surface area (Å²) in [5, 5.41) is 18.1. The third-order valence-corrected chi connectivity index (χ3v) is 3.27. The first-order chi connectivity index (χ1) is 9.26. The molecule has 100 valence electrons. The molecule has 0 spiro atoms. The first-order valence-electron chi connectivity index (χ1n) is 6.28. The normalized spacial score (nSPS) is 18.1. The number of hydrogen-bond donors (Lipinski definition) is 1. The fraction of sp³-hybridized carbons (Fsp3) is 0.429. The van der Waals surface area contributed by atoms with Crippen LogP contribution in [0.5, 0.6) is 5.75 Å². The van der Waals surface area contributed by atoms with Crippen LogP contribution in [0.2, 0.25) is 0 Å². The van der Waals surface area contributed by atoms with Crippen LogP contribution < -0.4 is 4.74 Å². The Bertz CT molecular complexity index is 496. The van der Waals surface area contributed by atoms with Crippen molar-refractivity contribution in [2.45, 2.75) is 18.9 Å². The molecule has 0 saturated carbocycles. The van der Waals surface area contributed by atoms with E-state index >= 15 is 0 Å². The van der Waals surface area contributed by atoms with Crippen molar-refractivity contribution in [3.63, 3.8) is 0 Å². The van der Waals surface area contributed by atoms with Gasteiger partial charge in [0.1, 0.15) is 11.8 Å². The number of amides is 1. The van der Waals surface area contributed by atoms with Gasteiger partial charge >= 0.3 is 0 Å². The van der Waals surface area contributed by atoms with Crippen LogP contribution in [-0.4, -0.2) is 41.7 Å². The lowest BCUT2D eigenvalue weighted by Gasteiger charge is -2.23. The number of ether oxygens (including phenoxy) is 1. The predicted molar refractivity (Wildman–Crippen MR) is 68.5 cm³/mol. The van der Waals surface area contributed by atoms with Gasteiger partial charge in [-0.15, -0.1) is 0 Å². The minimum atomic E-state index is -0.149. The van der Waals surface area contributed by atoms with Crippen molar-refractivity contribution >= 4 is 5.91 Å². The minimum Gasteiger partial charge on any atom is -0.482 e. The number of benzene rings is 1. The molecule has 1 N–H and O–H groups in total. The zero-order valence-corrected chi connectivity index (χ0v) is 10.6. The van der Waals surface area contributed by atoms with Crippen LogP contribution in [0.25, 0.3) is 0 Å². The maximum absolute atomic E-state index is 12.0. The molecule has 1 aliphatic rings. The van der Waals surface area contributed by atoms with Crippen molar-refractivity contribution in [1.82, 2.24) is 4.90 Å². The topological polar surface area (TPSA) is 73.6 Å². The largest absolute Gasteiger partial charge is 0.482 e. The molecule has 0 bridgehead atoms. The van der Waals surface area contributed by atoms with Gasteiger partial charge in [0, 0.05) is 6.54 Å². The summed E-state index contributed by atoms with van der Waals surface area (Å²) < 4.78 is 5.40. The zero-order valence-electron chi connectivity index (χ0n) is 10.6. The average Bonchev–Trinajstić information content (AvgIpc) is 2.93. The standard InChI is InChI=1S/C14H16N2O3/c15-8-11-4-1-2-6-13(11)19-10-14(18)16-7-3-5-12(16)9-17/h1-2,4,6,12,17H,3,5,7,9-10H2/t12-/m1/s1. The fourth-order valence-electron chi connectivity index (χ4n) is 2.26. The zero-order chi connectivity index (χ0) is 13.7. The highest BCUT2D eigenvalue weighted by atomic mass is 16.5. The lowest BCUT2D eigenvalue weighted by molar-refractivity contribution is -0.134. The van der Waals surface area contributed by atoms with E-state index in [9.17, 15) is 9.90 Å². The minimum absolute atomic E-state index is 0.0134. The number of hydrogen-bond acceptors (Lipinski definition) is 4. The van der Waals surface area contributed by atoms with Crippen LogP contribution in [-0.2, 0) is 4.79 Å². The second-order valence-corrected chi connectivity index (χ2v) is 4.46. The Balaban J connectivity index is 1.95. The molecule has 0 radical (unpaired) electrons. The monoisotopic (exact) mass is 260 g/mol. The second kappa shape index (κ2) is 6.21. The van der Waals surface area contributed by atoms with Gasteiger partial charge < -0.3 is 14.7 Å². The Morgan fingerprint density at radius 2 is 2.32 bits per heavy atom. The summed E-state index contributed by atoms with van der Waals surface area (Å²) in [5.74, 6) is 0.266. The number of nitriles is 1. The Morgan fingerprint density at radius 3 is 3.05 bits per heavy atom. The first kappa shape index (κ1) is 13.4. The number of aliphatic hydroxyl groups is 1. The van der Waals surface area contributed by atoms with Gasteiger partial charge in [-0.25, -0.2) is 0 Å². The third kappa shape index (κ3) is 3.04. The third-order valence-electron chi connectivity index (χ3n) is 3.27. The molecular formula is C14H16N2O3. The van der Waals surface area contributed by atoms with Gasteiger partial charge in [-0.1, -0.05) is 12.1 Å². The summed E-state index contributed by atoms with van der Waals surface area (Å²) in [6, 6.07) is 8.74. The Labute approximate surface area is 112 Å². The molecule has 0 aliphatic carbocycles. The van der Waals surface area contributed by atoms with Gasteiger partial charge in [-0.05, 0) is 25.0 Å². The molecule has 0 aromatic heterocycles. The van der Waals surface area contributed by atoms with Crippen molar-refractivity contribution in [2.24, 2.45) is 0 Å². The van der Waals surface area contributed by atoms with Gasteiger partial charge in [0.2, 0.25) is 0 Å². The van der Waals surface area contributed by atoms with Crippen LogP contribution in [0.1, 0.15) is 18.4 Å². The molecule has 19 heavy (non-hydrogen) atoms. The number of rotatable bonds is 4. The second-order valence-electron chi connectivity index (χ2n) is 4.46. The maximum Gasteiger partial charge on any atom is 0.260 e. The molecule has 1 aliphatic heterocycles. The molecule has 1 amide bonds. The van der Waals surface area contributed by atoms with Crippen LogP contribution >= 0.6 is 0 Å². The van der Waals surface area contributed by atoms with Crippen LogP contribution in [0, 0.1) is 11.3 Å². The SMILES string of the molecule is N#Cc1ccccc1OCC(=O)N1CCC[C@@H]1CO. The van der Waals surface area contributed by atoms with Crippen molar-refractivity contribution < 1.29 is 14.6 Å². The van der Waals surface area contributed by atoms with Crippen molar-refractivity contribution in [1.29, 1.82) is 5.26 Å². The molecule has 1 saturated heterocycles. The van der Waals surface area contributed by atoms with Gasteiger partial charge in [-0.3, -0.25) is 4.79 Å². The molecule has 1 aromatic rings. The summed E-state index contributed by atoms with van der Waals surface area (Å²) >= 11 is 0. The predicted octanol–water partition coefficient (Wildman–Crippen LogP) is 0.920. The lowest BCUT2D eigenvalue weighted by Crippen LogP contribution is -2.40. The van der Waals surface area contributed by atoms with Crippen LogP contribution in [0.15, 0.2) is 24.3 Å². The summed E-state index contributed by atoms with van der Waals surface area (Å²) in [6.45, 7) is 0.545. The highest BCUT2D eigenvalue weighted by Crippen LogP contribution is 2.19. The number of para-hydroxylation sites is 1. The van der Waals surface area contributed by atoms with Gasteiger partial charge in [0.25, 0.3) is 5.91 Å². The highest BCUT2D eigenvalue weighted by Gasteiger charge is 2.28. The molecule has 2 rings (SSSR count). The molecule has 5 nitrogen and oxygen atoms in total.